The van der Waals surface area contributed by atoms with Crippen LogP contribution in [0.2, 0.25) is 0 Å². The zero-order chi connectivity index (χ0) is 14.7. The first-order valence-corrected chi connectivity index (χ1v) is 7.02. The fourth-order valence-corrected chi connectivity index (χ4v) is 2.36. The molecule has 2 aromatic carbocycles. The number of benzene rings is 2. The zero-order valence-corrected chi connectivity index (χ0v) is 11.9. The standard InChI is InChI=1S/C17H17N3O/c1-2-15(12-6-4-3-5-7-12)17-19-16(20-21-17)13-8-10-14(18)11-9-13/h3-11,15H,2,18H2,1H3. The molecule has 3 rings (SSSR count). The van der Waals surface area contributed by atoms with Crippen LogP contribution in [0.3, 0.4) is 0 Å². The monoisotopic (exact) mass is 279 g/mol. The molecule has 0 radical (unpaired) electrons. The summed E-state index contributed by atoms with van der Waals surface area (Å²) in [5.74, 6) is 1.37. The second-order valence-electron chi connectivity index (χ2n) is 4.95. The Bertz CT molecular complexity index is 704. The average Bonchev–Trinajstić information content (AvgIpc) is 2.99. The predicted molar refractivity (Wildman–Crippen MR) is 82.7 cm³/mol. The first-order chi connectivity index (χ1) is 10.3. The summed E-state index contributed by atoms with van der Waals surface area (Å²) in [4.78, 5) is 4.54. The highest BCUT2D eigenvalue weighted by atomic mass is 16.5. The zero-order valence-electron chi connectivity index (χ0n) is 11.9. The lowest BCUT2D eigenvalue weighted by Gasteiger charge is -2.09. The highest BCUT2D eigenvalue weighted by Gasteiger charge is 2.19. The quantitative estimate of drug-likeness (QED) is 0.736. The van der Waals surface area contributed by atoms with E-state index in [1.54, 1.807) is 0 Å². The first-order valence-electron chi connectivity index (χ1n) is 7.02. The Kier molecular flexibility index (Phi) is 3.69. The van der Waals surface area contributed by atoms with E-state index in [1.807, 2.05) is 42.5 Å². The smallest absolute Gasteiger partial charge is 0.234 e. The molecule has 0 aliphatic rings. The van der Waals surface area contributed by atoms with Crippen molar-refractivity contribution in [2.24, 2.45) is 0 Å². The summed E-state index contributed by atoms with van der Waals surface area (Å²) >= 11 is 0. The molecule has 0 aliphatic carbocycles. The van der Waals surface area contributed by atoms with Gasteiger partial charge >= 0.3 is 0 Å². The van der Waals surface area contributed by atoms with Gasteiger partial charge < -0.3 is 10.3 Å². The molecule has 4 nitrogen and oxygen atoms in total. The van der Waals surface area contributed by atoms with Crippen LogP contribution < -0.4 is 5.73 Å². The normalized spacial score (nSPS) is 12.2. The molecule has 1 unspecified atom stereocenters. The molecule has 0 fully saturated rings. The summed E-state index contributed by atoms with van der Waals surface area (Å²) in [6.07, 6.45) is 0.910. The van der Waals surface area contributed by atoms with Gasteiger partial charge in [-0.15, -0.1) is 0 Å². The lowest BCUT2D eigenvalue weighted by atomic mass is 9.96. The molecule has 0 aliphatic heterocycles. The average molecular weight is 279 g/mol. The molecule has 106 valence electrons. The van der Waals surface area contributed by atoms with Crippen molar-refractivity contribution >= 4 is 5.69 Å². The van der Waals surface area contributed by atoms with Crippen LogP contribution in [-0.4, -0.2) is 10.1 Å². The van der Waals surface area contributed by atoms with Crippen LogP contribution in [0.25, 0.3) is 11.4 Å². The van der Waals surface area contributed by atoms with Gasteiger partial charge in [0.15, 0.2) is 0 Å². The topological polar surface area (TPSA) is 64.9 Å². The Morgan fingerprint density at radius 3 is 2.43 bits per heavy atom. The van der Waals surface area contributed by atoms with E-state index >= 15 is 0 Å². The van der Waals surface area contributed by atoms with E-state index in [-0.39, 0.29) is 5.92 Å². The van der Waals surface area contributed by atoms with Crippen LogP contribution in [0, 0.1) is 0 Å². The largest absolute Gasteiger partial charge is 0.399 e. The number of aromatic nitrogens is 2. The minimum absolute atomic E-state index is 0.126. The highest BCUT2D eigenvalue weighted by molar-refractivity contribution is 5.58. The van der Waals surface area contributed by atoms with E-state index < -0.39 is 0 Å². The number of nitrogen functional groups attached to an aromatic ring is 1. The van der Waals surface area contributed by atoms with Gasteiger partial charge in [-0.3, -0.25) is 0 Å². The van der Waals surface area contributed by atoms with Crippen molar-refractivity contribution in [2.75, 3.05) is 5.73 Å². The van der Waals surface area contributed by atoms with E-state index in [0.29, 0.717) is 11.7 Å². The second-order valence-corrected chi connectivity index (χ2v) is 4.95. The van der Waals surface area contributed by atoms with Gasteiger partial charge in [-0.05, 0) is 36.2 Å². The summed E-state index contributed by atoms with van der Waals surface area (Å²) in [5, 5.41) is 4.08. The van der Waals surface area contributed by atoms with Crippen LogP contribution in [0.15, 0.2) is 59.1 Å². The Labute approximate surface area is 123 Å². The van der Waals surface area contributed by atoms with Crippen LogP contribution in [0.5, 0.6) is 0 Å². The Morgan fingerprint density at radius 1 is 1.05 bits per heavy atom. The third-order valence-electron chi connectivity index (χ3n) is 3.52. The number of hydrogen-bond donors (Lipinski definition) is 1. The number of anilines is 1. The van der Waals surface area contributed by atoms with Gasteiger partial charge in [0.1, 0.15) is 0 Å². The van der Waals surface area contributed by atoms with E-state index in [9.17, 15) is 0 Å². The van der Waals surface area contributed by atoms with Gasteiger partial charge in [0, 0.05) is 11.3 Å². The van der Waals surface area contributed by atoms with Gasteiger partial charge in [-0.2, -0.15) is 4.98 Å². The SMILES string of the molecule is CCC(c1ccccc1)c1nc(-c2ccc(N)cc2)no1. The van der Waals surface area contributed by atoms with Gasteiger partial charge in [0.25, 0.3) is 0 Å². The molecule has 0 spiro atoms. The predicted octanol–water partition coefficient (Wildman–Crippen LogP) is 3.86. The molecule has 4 heteroatoms. The van der Waals surface area contributed by atoms with Crippen LogP contribution in [0.4, 0.5) is 5.69 Å². The fourth-order valence-electron chi connectivity index (χ4n) is 2.36. The van der Waals surface area contributed by atoms with Crippen LogP contribution in [-0.2, 0) is 0 Å². The Morgan fingerprint density at radius 2 is 1.76 bits per heavy atom. The van der Waals surface area contributed by atoms with Crippen molar-refractivity contribution in [3.05, 3.63) is 66.1 Å². The molecule has 0 amide bonds. The summed E-state index contributed by atoms with van der Waals surface area (Å²) in [6.45, 7) is 2.12. The minimum atomic E-state index is 0.126. The van der Waals surface area contributed by atoms with Crippen molar-refractivity contribution < 1.29 is 4.52 Å². The van der Waals surface area contributed by atoms with Gasteiger partial charge in [-0.25, -0.2) is 0 Å². The van der Waals surface area contributed by atoms with E-state index in [0.717, 1.165) is 17.7 Å². The molecule has 1 aromatic heterocycles. The molecule has 0 saturated heterocycles. The van der Waals surface area contributed by atoms with Crippen molar-refractivity contribution in [3.8, 4) is 11.4 Å². The summed E-state index contributed by atoms with van der Waals surface area (Å²) in [5.41, 5.74) is 8.50. The second kappa shape index (κ2) is 5.79. The maximum absolute atomic E-state index is 5.69. The molecule has 21 heavy (non-hydrogen) atoms. The molecule has 1 atom stereocenters. The Hall–Kier alpha value is -2.62. The minimum Gasteiger partial charge on any atom is -0.399 e. The Balaban J connectivity index is 1.92. The summed E-state index contributed by atoms with van der Waals surface area (Å²) in [7, 11) is 0. The maximum Gasteiger partial charge on any atom is 0.234 e. The van der Waals surface area contributed by atoms with Crippen molar-refractivity contribution in [1.29, 1.82) is 0 Å². The lowest BCUT2D eigenvalue weighted by Crippen LogP contribution is -1.99. The third kappa shape index (κ3) is 2.79. The summed E-state index contributed by atoms with van der Waals surface area (Å²) < 4.78 is 5.46. The van der Waals surface area contributed by atoms with Gasteiger partial charge in [-0.1, -0.05) is 42.4 Å². The summed E-state index contributed by atoms with van der Waals surface area (Å²) in [6, 6.07) is 17.7. The molecule has 1 heterocycles. The molecule has 3 aromatic rings. The molecule has 2 N–H and O–H groups in total. The van der Waals surface area contributed by atoms with Gasteiger partial charge in [0.2, 0.25) is 11.7 Å². The molecular weight excluding hydrogens is 262 g/mol. The maximum atomic E-state index is 5.69. The highest BCUT2D eigenvalue weighted by Crippen LogP contribution is 2.28. The van der Waals surface area contributed by atoms with Gasteiger partial charge in [0.05, 0.1) is 5.92 Å². The number of hydrogen-bond acceptors (Lipinski definition) is 4. The van der Waals surface area contributed by atoms with Crippen LogP contribution >= 0.6 is 0 Å². The molecule has 0 saturated carbocycles. The van der Waals surface area contributed by atoms with Crippen LogP contribution in [0.1, 0.15) is 30.7 Å². The third-order valence-corrected chi connectivity index (χ3v) is 3.52. The van der Waals surface area contributed by atoms with E-state index in [2.05, 4.69) is 29.2 Å². The van der Waals surface area contributed by atoms with Crippen molar-refractivity contribution in [1.82, 2.24) is 10.1 Å². The fraction of sp³-hybridized carbons (Fsp3) is 0.176. The molecular formula is C17H17N3O. The number of nitrogens with zero attached hydrogens (tertiary/aromatic N) is 2. The lowest BCUT2D eigenvalue weighted by molar-refractivity contribution is 0.363. The number of nitrogens with two attached hydrogens (primary N) is 1. The van der Waals surface area contributed by atoms with Crippen molar-refractivity contribution in [3.63, 3.8) is 0 Å². The van der Waals surface area contributed by atoms with E-state index in [1.165, 1.54) is 5.56 Å². The number of rotatable bonds is 4. The van der Waals surface area contributed by atoms with E-state index in [4.69, 9.17) is 10.3 Å². The first kappa shape index (κ1) is 13.4. The molecule has 0 bridgehead atoms. The van der Waals surface area contributed by atoms with Crippen molar-refractivity contribution in [2.45, 2.75) is 19.3 Å².